The van der Waals surface area contributed by atoms with E-state index in [0.29, 0.717) is 32.1 Å². The van der Waals surface area contributed by atoms with Crippen molar-refractivity contribution in [2.45, 2.75) is 58.3 Å². The molecule has 0 aliphatic heterocycles. The van der Waals surface area contributed by atoms with Gasteiger partial charge in [0.2, 0.25) is 0 Å². The Bertz CT molecular complexity index is 888. The van der Waals surface area contributed by atoms with Crippen molar-refractivity contribution in [3.63, 3.8) is 0 Å². The molecule has 0 aliphatic carbocycles. The molecule has 0 radical (unpaired) electrons. The molecule has 6 nitrogen and oxygen atoms in total. The molecule has 30 heavy (non-hydrogen) atoms. The summed E-state index contributed by atoms with van der Waals surface area (Å²) in [4.78, 5) is 33.3. The highest BCUT2D eigenvalue weighted by atomic mass is 16.4. The second-order valence-electron chi connectivity index (χ2n) is 7.79. The van der Waals surface area contributed by atoms with Crippen LogP contribution in [0.2, 0.25) is 0 Å². The number of carbonyl (C=O) groups is 3. The van der Waals surface area contributed by atoms with Crippen molar-refractivity contribution in [2.75, 3.05) is 0 Å². The lowest BCUT2D eigenvalue weighted by Crippen LogP contribution is -2.18. The normalized spacial score (nSPS) is 13.1. The SMILES string of the molecule is CCC(CCCc1ccc(CCCC(CC(=O)O)C(=O)O)c2ccccc12)C(=O)O. The molecule has 6 heteroatoms. The Morgan fingerprint density at radius 3 is 1.63 bits per heavy atom. The van der Waals surface area contributed by atoms with E-state index in [9.17, 15) is 24.6 Å². The zero-order valence-electron chi connectivity index (χ0n) is 17.3. The summed E-state index contributed by atoms with van der Waals surface area (Å²) in [7, 11) is 0. The summed E-state index contributed by atoms with van der Waals surface area (Å²) in [6.07, 6.45) is 4.16. The van der Waals surface area contributed by atoms with Crippen LogP contribution in [0.15, 0.2) is 36.4 Å². The highest BCUT2D eigenvalue weighted by Crippen LogP contribution is 2.27. The molecule has 2 aromatic carbocycles. The van der Waals surface area contributed by atoms with Gasteiger partial charge in [0.25, 0.3) is 0 Å². The van der Waals surface area contributed by atoms with E-state index in [1.165, 1.54) is 5.56 Å². The summed E-state index contributed by atoms with van der Waals surface area (Å²) in [5.74, 6) is -4.06. The minimum Gasteiger partial charge on any atom is -0.481 e. The Kier molecular flexibility index (Phi) is 8.84. The standard InChI is InChI=1S/C24H30O6/c1-2-16(23(27)28)7-5-8-17-13-14-18(21-12-4-3-11-20(17)21)9-6-10-19(24(29)30)15-22(25)26/h3-4,11-14,16,19H,2,5-10,15H2,1H3,(H,25,26)(H,27,28)(H,29,30). The molecule has 0 spiro atoms. The quantitative estimate of drug-likeness (QED) is 0.435. The predicted molar refractivity (Wildman–Crippen MR) is 115 cm³/mol. The van der Waals surface area contributed by atoms with Crippen LogP contribution in [0.3, 0.4) is 0 Å². The lowest BCUT2D eigenvalue weighted by atomic mass is 9.91. The maximum absolute atomic E-state index is 11.2. The van der Waals surface area contributed by atoms with Crippen molar-refractivity contribution in [2.24, 2.45) is 11.8 Å². The first-order valence-electron chi connectivity index (χ1n) is 10.5. The second-order valence-corrected chi connectivity index (χ2v) is 7.79. The van der Waals surface area contributed by atoms with E-state index < -0.39 is 23.8 Å². The van der Waals surface area contributed by atoms with E-state index in [-0.39, 0.29) is 12.3 Å². The third kappa shape index (κ3) is 6.58. The highest BCUT2D eigenvalue weighted by molar-refractivity contribution is 5.88. The highest BCUT2D eigenvalue weighted by Gasteiger charge is 2.20. The Balaban J connectivity index is 2.07. The average Bonchev–Trinajstić information content (AvgIpc) is 2.70. The molecule has 0 saturated carbocycles. The first-order valence-corrected chi connectivity index (χ1v) is 10.5. The third-order valence-electron chi connectivity index (χ3n) is 5.71. The first-order chi connectivity index (χ1) is 14.3. The maximum Gasteiger partial charge on any atom is 0.307 e. The predicted octanol–water partition coefficient (Wildman–Crippen LogP) is 4.77. The number of fused-ring (bicyclic) bond motifs is 1. The van der Waals surface area contributed by atoms with Crippen LogP contribution in [0.1, 0.15) is 56.6 Å². The van der Waals surface area contributed by atoms with E-state index >= 15 is 0 Å². The van der Waals surface area contributed by atoms with Crippen molar-refractivity contribution in [3.8, 4) is 0 Å². The number of rotatable bonds is 13. The average molecular weight is 414 g/mol. The van der Waals surface area contributed by atoms with Crippen LogP contribution >= 0.6 is 0 Å². The van der Waals surface area contributed by atoms with Gasteiger partial charge in [-0.2, -0.15) is 0 Å². The lowest BCUT2D eigenvalue weighted by Gasteiger charge is -2.14. The number of aryl methyl sites for hydroxylation is 2. The Morgan fingerprint density at radius 1 is 0.767 bits per heavy atom. The molecule has 2 rings (SSSR count). The molecule has 162 valence electrons. The molecule has 0 fully saturated rings. The van der Waals surface area contributed by atoms with Crippen LogP contribution in [-0.4, -0.2) is 33.2 Å². The number of benzene rings is 2. The topological polar surface area (TPSA) is 112 Å². The second kappa shape index (κ2) is 11.3. The fourth-order valence-corrected chi connectivity index (χ4v) is 3.96. The maximum atomic E-state index is 11.2. The van der Waals surface area contributed by atoms with Crippen molar-refractivity contribution < 1.29 is 29.7 Å². The van der Waals surface area contributed by atoms with E-state index in [0.717, 1.165) is 29.2 Å². The lowest BCUT2D eigenvalue weighted by molar-refractivity contribution is -0.148. The summed E-state index contributed by atoms with van der Waals surface area (Å²) >= 11 is 0. The van der Waals surface area contributed by atoms with Gasteiger partial charge in [-0.05, 0) is 66.8 Å². The molecule has 2 aromatic rings. The first kappa shape index (κ1) is 23.4. The largest absolute Gasteiger partial charge is 0.481 e. The van der Waals surface area contributed by atoms with Crippen LogP contribution in [-0.2, 0) is 27.2 Å². The van der Waals surface area contributed by atoms with Gasteiger partial charge in [0, 0.05) is 0 Å². The smallest absolute Gasteiger partial charge is 0.307 e. The molecular formula is C24H30O6. The van der Waals surface area contributed by atoms with Crippen LogP contribution in [0.25, 0.3) is 10.8 Å². The van der Waals surface area contributed by atoms with E-state index in [1.54, 1.807) is 0 Å². The van der Waals surface area contributed by atoms with Crippen molar-refractivity contribution in [1.82, 2.24) is 0 Å². The monoisotopic (exact) mass is 414 g/mol. The van der Waals surface area contributed by atoms with Crippen molar-refractivity contribution >= 4 is 28.7 Å². The molecule has 0 aromatic heterocycles. The molecule has 0 amide bonds. The van der Waals surface area contributed by atoms with E-state index in [4.69, 9.17) is 5.11 Å². The van der Waals surface area contributed by atoms with Gasteiger partial charge >= 0.3 is 17.9 Å². The molecular weight excluding hydrogens is 384 g/mol. The third-order valence-corrected chi connectivity index (χ3v) is 5.71. The van der Waals surface area contributed by atoms with Crippen molar-refractivity contribution in [3.05, 3.63) is 47.5 Å². The molecule has 0 bridgehead atoms. The van der Waals surface area contributed by atoms with Gasteiger partial charge in [-0.1, -0.05) is 43.3 Å². The fourth-order valence-electron chi connectivity index (χ4n) is 3.96. The van der Waals surface area contributed by atoms with Gasteiger partial charge in [-0.3, -0.25) is 14.4 Å². The number of carboxylic acids is 3. The fraction of sp³-hybridized carbons (Fsp3) is 0.458. The summed E-state index contributed by atoms with van der Waals surface area (Å²) in [5, 5.41) is 29.5. The van der Waals surface area contributed by atoms with Gasteiger partial charge in [0.1, 0.15) is 0 Å². The number of hydrogen-bond acceptors (Lipinski definition) is 3. The number of aliphatic carboxylic acids is 3. The Morgan fingerprint density at radius 2 is 1.23 bits per heavy atom. The van der Waals surface area contributed by atoms with Gasteiger partial charge in [0.05, 0.1) is 18.3 Å². The van der Waals surface area contributed by atoms with Gasteiger partial charge in [-0.15, -0.1) is 0 Å². The van der Waals surface area contributed by atoms with Crippen molar-refractivity contribution in [1.29, 1.82) is 0 Å². The summed E-state index contributed by atoms with van der Waals surface area (Å²) in [5.41, 5.74) is 2.30. The van der Waals surface area contributed by atoms with E-state index in [1.807, 2.05) is 25.1 Å². The summed E-state index contributed by atoms with van der Waals surface area (Å²) < 4.78 is 0. The van der Waals surface area contributed by atoms with E-state index in [2.05, 4.69) is 18.2 Å². The zero-order chi connectivity index (χ0) is 22.1. The molecule has 0 heterocycles. The Labute approximate surface area is 176 Å². The molecule has 2 unspecified atom stereocenters. The molecule has 3 N–H and O–H groups in total. The number of hydrogen-bond donors (Lipinski definition) is 3. The van der Waals surface area contributed by atoms with Gasteiger partial charge in [0.15, 0.2) is 0 Å². The van der Waals surface area contributed by atoms with Crippen LogP contribution in [0.4, 0.5) is 0 Å². The molecule has 2 atom stereocenters. The molecule has 0 saturated heterocycles. The van der Waals surface area contributed by atoms with Crippen LogP contribution < -0.4 is 0 Å². The summed E-state index contributed by atoms with van der Waals surface area (Å²) in [6, 6.07) is 12.2. The minimum absolute atomic E-state index is 0.302. The van der Waals surface area contributed by atoms with Crippen LogP contribution in [0, 0.1) is 11.8 Å². The zero-order valence-corrected chi connectivity index (χ0v) is 17.3. The minimum atomic E-state index is -1.09. The van der Waals surface area contributed by atoms with Gasteiger partial charge < -0.3 is 15.3 Å². The van der Waals surface area contributed by atoms with Gasteiger partial charge in [-0.25, -0.2) is 0 Å². The number of carboxylic acid groups (broad SMARTS) is 3. The summed E-state index contributed by atoms with van der Waals surface area (Å²) in [6.45, 7) is 1.90. The Hall–Kier alpha value is -2.89. The molecule has 0 aliphatic rings. The van der Waals surface area contributed by atoms with Crippen LogP contribution in [0.5, 0.6) is 0 Å².